The van der Waals surface area contributed by atoms with Gasteiger partial charge in [-0.2, -0.15) is 0 Å². The molecule has 0 atom stereocenters. The molecule has 0 saturated heterocycles. The number of hydrogen-bond donors (Lipinski definition) is 1. The SMILES string of the molecule is C=CCCOCCNCc1ncc(Br)cc1Br. The lowest BCUT2D eigenvalue weighted by Crippen LogP contribution is -2.20. The van der Waals surface area contributed by atoms with Gasteiger partial charge in [-0.05, 0) is 44.3 Å². The predicted octanol–water partition coefficient (Wildman–Crippen LogP) is 3.29. The maximum atomic E-state index is 5.39. The second-order valence-corrected chi connectivity index (χ2v) is 5.22. The molecule has 17 heavy (non-hydrogen) atoms. The summed E-state index contributed by atoms with van der Waals surface area (Å²) in [5.41, 5.74) is 0.999. The van der Waals surface area contributed by atoms with E-state index in [1.807, 2.05) is 12.1 Å². The first-order valence-corrected chi connectivity index (χ1v) is 7.02. The van der Waals surface area contributed by atoms with Crippen molar-refractivity contribution in [1.82, 2.24) is 10.3 Å². The quantitative estimate of drug-likeness (QED) is 0.568. The lowest BCUT2D eigenvalue weighted by molar-refractivity contribution is 0.140. The summed E-state index contributed by atoms with van der Waals surface area (Å²) in [5.74, 6) is 0. The van der Waals surface area contributed by atoms with Gasteiger partial charge in [0.25, 0.3) is 0 Å². The van der Waals surface area contributed by atoms with Crippen LogP contribution in [0.3, 0.4) is 0 Å². The van der Waals surface area contributed by atoms with Gasteiger partial charge < -0.3 is 10.1 Å². The molecule has 0 aromatic carbocycles. The van der Waals surface area contributed by atoms with Crippen molar-refractivity contribution in [3.05, 3.63) is 39.6 Å². The topological polar surface area (TPSA) is 34.1 Å². The molecular weight excluding hydrogens is 348 g/mol. The third-order valence-corrected chi connectivity index (χ3v) is 3.19. The van der Waals surface area contributed by atoms with Crippen LogP contribution in [0.2, 0.25) is 0 Å². The Morgan fingerprint density at radius 2 is 2.24 bits per heavy atom. The van der Waals surface area contributed by atoms with Gasteiger partial charge in [-0.1, -0.05) is 6.08 Å². The maximum Gasteiger partial charge on any atom is 0.0684 e. The van der Waals surface area contributed by atoms with Gasteiger partial charge in [0.05, 0.1) is 18.9 Å². The Balaban J connectivity index is 2.15. The molecule has 0 aliphatic heterocycles. The Morgan fingerprint density at radius 1 is 1.41 bits per heavy atom. The molecule has 94 valence electrons. The van der Waals surface area contributed by atoms with Crippen LogP contribution in [-0.2, 0) is 11.3 Å². The first-order chi connectivity index (χ1) is 8.24. The highest BCUT2D eigenvalue weighted by Gasteiger charge is 2.01. The number of nitrogens with zero attached hydrogens (tertiary/aromatic N) is 1. The standard InChI is InChI=1S/C12H16Br2N2O/c1-2-3-5-17-6-4-15-9-12-11(14)7-10(13)8-16-12/h2,7-8,15H,1,3-6,9H2. The van der Waals surface area contributed by atoms with Crippen molar-refractivity contribution in [2.75, 3.05) is 19.8 Å². The van der Waals surface area contributed by atoms with Crippen molar-refractivity contribution in [3.63, 3.8) is 0 Å². The zero-order chi connectivity index (χ0) is 12.5. The lowest BCUT2D eigenvalue weighted by atomic mass is 10.3. The Kier molecular flexibility index (Phi) is 7.68. The van der Waals surface area contributed by atoms with E-state index in [2.05, 4.69) is 48.7 Å². The van der Waals surface area contributed by atoms with Crippen LogP contribution in [0.15, 0.2) is 33.9 Å². The van der Waals surface area contributed by atoms with Gasteiger partial charge in [0.2, 0.25) is 0 Å². The summed E-state index contributed by atoms with van der Waals surface area (Å²) in [6.45, 7) is 6.65. The Bertz CT molecular complexity index is 358. The van der Waals surface area contributed by atoms with E-state index in [9.17, 15) is 0 Å². The highest BCUT2D eigenvalue weighted by Crippen LogP contribution is 2.19. The van der Waals surface area contributed by atoms with Gasteiger partial charge in [0.15, 0.2) is 0 Å². The van der Waals surface area contributed by atoms with Crippen molar-refractivity contribution in [2.45, 2.75) is 13.0 Å². The van der Waals surface area contributed by atoms with Crippen LogP contribution in [0.5, 0.6) is 0 Å². The summed E-state index contributed by atoms with van der Waals surface area (Å²) >= 11 is 6.85. The van der Waals surface area contributed by atoms with E-state index < -0.39 is 0 Å². The average molecular weight is 364 g/mol. The fourth-order valence-electron chi connectivity index (χ4n) is 1.19. The molecule has 0 saturated carbocycles. The fraction of sp³-hybridized carbons (Fsp3) is 0.417. The van der Waals surface area contributed by atoms with Crippen LogP contribution < -0.4 is 5.32 Å². The van der Waals surface area contributed by atoms with Gasteiger partial charge in [0.1, 0.15) is 0 Å². The van der Waals surface area contributed by atoms with E-state index in [0.29, 0.717) is 6.61 Å². The second kappa shape index (κ2) is 8.80. The van der Waals surface area contributed by atoms with Gasteiger partial charge in [0, 0.05) is 28.2 Å². The molecule has 0 aliphatic rings. The zero-order valence-electron chi connectivity index (χ0n) is 9.59. The molecule has 0 fully saturated rings. The normalized spacial score (nSPS) is 10.5. The van der Waals surface area contributed by atoms with Crippen molar-refractivity contribution >= 4 is 31.9 Å². The van der Waals surface area contributed by atoms with Crippen molar-refractivity contribution in [2.24, 2.45) is 0 Å². The summed E-state index contributed by atoms with van der Waals surface area (Å²) in [5, 5.41) is 3.28. The summed E-state index contributed by atoms with van der Waals surface area (Å²) in [6.07, 6.45) is 4.55. The van der Waals surface area contributed by atoms with Gasteiger partial charge in [-0.15, -0.1) is 6.58 Å². The molecule has 1 aromatic rings. The first-order valence-electron chi connectivity index (χ1n) is 5.43. The minimum Gasteiger partial charge on any atom is -0.380 e. The molecule has 0 spiro atoms. The number of ether oxygens (including phenoxy) is 1. The van der Waals surface area contributed by atoms with Crippen molar-refractivity contribution in [1.29, 1.82) is 0 Å². The molecule has 1 rings (SSSR count). The predicted molar refractivity (Wildman–Crippen MR) is 77.0 cm³/mol. The molecular formula is C12H16Br2N2O. The van der Waals surface area contributed by atoms with Crippen LogP contribution in [0.25, 0.3) is 0 Å². The summed E-state index contributed by atoms with van der Waals surface area (Å²) in [6, 6.07) is 1.99. The molecule has 0 aliphatic carbocycles. The third kappa shape index (κ3) is 6.31. The highest BCUT2D eigenvalue weighted by atomic mass is 79.9. The minimum absolute atomic E-state index is 0.710. The molecule has 5 heteroatoms. The van der Waals surface area contributed by atoms with E-state index in [1.54, 1.807) is 6.20 Å². The van der Waals surface area contributed by atoms with E-state index in [-0.39, 0.29) is 0 Å². The maximum absolute atomic E-state index is 5.39. The summed E-state index contributed by atoms with van der Waals surface area (Å²) in [4.78, 5) is 4.31. The third-order valence-electron chi connectivity index (χ3n) is 2.07. The van der Waals surface area contributed by atoms with Crippen LogP contribution in [0.1, 0.15) is 12.1 Å². The Morgan fingerprint density at radius 3 is 2.94 bits per heavy atom. The van der Waals surface area contributed by atoms with Crippen LogP contribution >= 0.6 is 31.9 Å². The molecule has 0 bridgehead atoms. The Labute approximate surface area is 119 Å². The number of halogens is 2. The second-order valence-electron chi connectivity index (χ2n) is 3.45. The molecule has 3 nitrogen and oxygen atoms in total. The molecule has 1 N–H and O–H groups in total. The monoisotopic (exact) mass is 362 g/mol. The number of hydrogen-bond acceptors (Lipinski definition) is 3. The molecule has 0 amide bonds. The average Bonchev–Trinajstić information content (AvgIpc) is 2.30. The highest BCUT2D eigenvalue weighted by molar-refractivity contribution is 9.11. The largest absolute Gasteiger partial charge is 0.380 e. The fourth-order valence-corrected chi connectivity index (χ4v) is 2.32. The van der Waals surface area contributed by atoms with Gasteiger partial charge in [-0.25, -0.2) is 0 Å². The number of nitrogens with one attached hydrogen (secondary N) is 1. The number of aromatic nitrogens is 1. The van der Waals surface area contributed by atoms with Crippen molar-refractivity contribution in [3.8, 4) is 0 Å². The smallest absolute Gasteiger partial charge is 0.0684 e. The van der Waals surface area contributed by atoms with Gasteiger partial charge >= 0.3 is 0 Å². The van der Waals surface area contributed by atoms with Gasteiger partial charge in [-0.3, -0.25) is 4.98 Å². The first kappa shape index (κ1) is 14.8. The summed E-state index contributed by atoms with van der Waals surface area (Å²) < 4.78 is 7.37. The molecule has 0 radical (unpaired) electrons. The number of rotatable bonds is 8. The van der Waals surface area contributed by atoms with Crippen molar-refractivity contribution < 1.29 is 4.74 Å². The minimum atomic E-state index is 0.710. The molecule has 1 heterocycles. The summed E-state index contributed by atoms with van der Waals surface area (Å²) in [7, 11) is 0. The number of pyridine rings is 1. The zero-order valence-corrected chi connectivity index (χ0v) is 12.8. The molecule has 0 unspecified atom stereocenters. The van der Waals surface area contributed by atoms with E-state index in [4.69, 9.17) is 4.74 Å². The lowest BCUT2D eigenvalue weighted by Gasteiger charge is -2.06. The van der Waals surface area contributed by atoms with E-state index >= 15 is 0 Å². The Hall–Kier alpha value is -0.230. The van der Waals surface area contributed by atoms with E-state index in [1.165, 1.54) is 0 Å². The van der Waals surface area contributed by atoms with Crippen LogP contribution in [0, 0.1) is 0 Å². The van der Waals surface area contributed by atoms with Crippen LogP contribution in [0.4, 0.5) is 0 Å². The van der Waals surface area contributed by atoms with E-state index in [0.717, 1.165) is 40.8 Å². The molecule has 1 aromatic heterocycles. The van der Waals surface area contributed by atoms with Crippen LogP contribution in [-0.4, -0.2) is 24.7 Å².